The Morgan fingerprint density at radius 2 is 2.07 bits per heavy atom. The van der Waals surface area contributed by atoms with Crippen molar-refractivity contribution in [3.05, 3.63) is 41.7 Å². The molecule has 7 nitrogen and oxygen atoms in total. The highest BCUT2D eigenvalue weighted by atomic mass is 32.2. The molecule has 11 heteroatoms. The summed E-state index contributed by atoms with van der Waals surface area (Å²) in [5.41, 5.74) is 8.33. The number of aromatic amines is 1. The van der Waals surface area contributed by atoms with Crippen molar-refractivity contribution in [2.75, 3.05) is 18.9 Å². The van der Waals surface area contributed by atoms with Gasteiger partial charge in [-0.2, -0.15) is 9.40 Å². The predicted octanol–water partition coefficient (Wildman–Crippen LogP) is 2.65. The molecule has 1 saturated heterocycles. The summed E-state index contributed by atoms with van der Waals surface area (Å²) in [6.45, 7) is -0.0958. The molecule has 1 aromatic heterocycles. The number of rotatable bonds is 4. The fourth-order valence-corrected chi connectivity index (χ4v) is 5.62. The molecule has 0 spiro atoms. The lowest BCUT2D eigenvalue weighted by Gasteiger charge is -2.22. The third-order valence-corrected chi connectivity index (χ3v) is 7.32. The summed E-state index contributed by atoms with van der Waals surface area (Å²) >= 11 is 0. The van der Waals surface area contributed by atoms with E-state index >= 15 is 0 Å². The topological polar surface area (TPSA) is 112 Å². The van der Waals surface area contributed by atoms with Crippen LogP contribution in [0.4, 0.5) is 19.0 Å². The number of anilines is 1. The van der Waals surface area contributed by atoms with E-state index in [-0.39, 0.29) is 5.82 Å². The Labute approximate surface area is 170 Å². The van der Waals surface area contributed by atoms with Crippen molar-refractivity contribution in [2.45, 2.75) is 30.2 Å². The maximum atomic E-state index is 14.9. The van der Waals surface area contributed by atoms with E-state index in [4.69, 9.17) is 5.73 Å². The van der Waals surface area contributed by atoms with E-state index in [1.165, 1.54) is 6.07 Å². The van der Waals surface area contributed by atoms with E-state index in [1.807, 2.05) is 0 Å². The normalized spacial score (nSPS) is 19.6. The van der Waals surface area contributed by atoms with Crippen molar-refractivity contribution in [3.8, 4) is 11.1 Å². The number of nitrogen functional groups attached to an aromatic ring is 1. The van der Waals surface area contributed by atoms with Gasteiger partial charge in [0, 0.05) is 11.8 Å². The number of alkyl halides is 2. The second-order valence-electron chi connectivity index (χ2n) is 7.36. The van der Waals surface area contributed by atoms with Crippen molar-refractivity contribution in [2.24, 2.45) is 0 Å². The number of hydrogen-bond donors (Lipinski definition) is 3. The zero-order valence-electron chi connectivity index (χ0n) is 15.9. The van der Waals surface area contributed by atoms with Gasteiger partial charge in [-0.15, -0.1) is 0 Å². The fraction of sp³-hybridized carbons (Fsp3) is 0.316. The average molecular weight is 440 g/mol. The van der Waals surface area contributed by atoms with E-state index < -0.39 is 52.3 Å². The summed E-state index contributed by atoms with van der Waals surface area (Å²) in [6.07, 6.45) is -0.812. The van der Waals surface area contributed by atoms with Crippen molar-refractivity contribution < 1.29 is 26.7 Å². The molecule has 0 saturated carbocycles. The lowest BCUT2D eigenvalue weighted by atomic mass is 9.97. The maximum absolute atomic E-state index is 14.9. The Kier molecular flexibility index (Phi) is 4.79. The Morgan fingerprint density at radius 3 is 2.73 bits per heavy atom. The van der Waals surface area contributed by atoms with E-state index in [9.17, 15) is 26.7 Å². The first kappa shape index (κ1) is 20.6. The minimum atomic E-state index is -4.56. The number of aryl methyl sites for hydroxylation is 1. The monoisotopic (exact) mass is 440 g/mol. The van der Waals surface area contributed by atoms with Crippen LogP contribution in [-0.4, -0.2) is 53.1 Å². The third kappa shape index (κ3) is 3.22. The van der Waals surface area contributed by atoms with Gasteiger partial charge in [-0.1, -0.05) is 12.1 Å². The highest BCUT2D eigenvalue weighted by Crippen LogP contribution is 2.37. The summed E-state index contributed by atoms with van der Waals surface area (Å²) in [7, 11) is -4.56. The molecule has 1 atom stereocenters. The van der Waals surface area contributed by atoms with Gasteiger partial charge in [0.25, 0.3) is 5.92 Å². The Balaban J connectivity index is 1.76. The van der Waals surface area contributed by atoms with Gasteiger partial charge in [0.05, 0.1) is 24.7 Å². The molecule has 0 amide bonds. The van der Waals surface area contributed by atoms with Crippen LogP contribution in [0.2, 0.25) is 0 Å². The second kappa shape index (κ2) is 6.96. The first-order valence-corrected chi connectivity index (χ1v) is 10.5. The lowest BCUT2D eigenvalue weighted by molar-refractivity contribution is 0.0161. The van der Waals surface area contributed by atoms with Crippen LogP contribution < -0.4 is 5.73 Å². The molecular formula is C19H19F3N4O3S. The summed E-state index contributed by atoms with van der Waals surface area (Å²) in [4.78, 5) is -0.719. The Bertz CT molecular complexity index is 1240. The number of nitrogens with zero attached hydrogens (tertiary/aromatic N) is 2. The molecule has 4 rings (SSSR count). The molecule has 3 aromatic rings. The van der Waals surface area contributed by atoms with Gasteiger partial charge in [-0.25, -0.2) is 21.6 Å². The largest absolute Gasteiger partial charge is 0.395 e. The fourth-order valence-electron chi connectivity index (χ4n) is 3.93. The van der Waals surface area contributed by atoms with Gasteiger partial charge in [0.15, 0.2) is 5.82 Å². The van der Waals surface area contributed by atoms with E-state index in [2.05, 4.69) is 10.2 Å². The van der Waals surface area contributed by atoms with Crippen molar-refractivity contribution >= 4 is 26.7 Å². The molecule has 0 unspecified atom stereocenters. The number of benzene rings is 2. The number of hydrogen-bond acceptors (Lipinski definition) is 5. The van der Waals surface area contributed by atoms with Crippen LogP contribution in [0.15, 0.2) is 35.2 Å². The molecule has 1 aliphatic rings. The average Bonchev–Trinajstić information content (AvgIpc) is 3.21. The van der Waals surface area contributed by atoms with Gasteiger partial charge in [0.2, 0.25) is 10.0 Å². The third-order valence-electron chi connectivity index (χ3n) is 5.39. The molecule has 0 aliphatic carbocycles. The lowest BCUT2D eigenvalue weighted by Crippen LogP contribution is -2.38. The van der Waals surface area contributed by atoms with Crippen LogP contribution in [0.5, 0.6) is 0 Å². The number of aliphatic hydroxyl groups excluding tert-OH is 1. The predicted molar refractivity (Wildman–Crippen MR) is 105 cm³/mol. The number of fused-ring (bicyclic) bond motifs is 1. The molecule has 160 valence electrons. The van der Waals surface area contributed by atoms with Crippen molar-refractivity contribution in [1.82, 2.24) is 14.5 Å². The first-order chi connectivity index (χ1) is 14.0. The summed E-state index contributed by atoms with van der Waals surface area (Å²) in [5.74, 6) is -4.07. The zero-order valence-corrected chi connectivity index (χ0v) is 16.7. The van der Waals surface area contributed by atoms with Crippen LogP contribution >= 0.6 is 0 Å². The van der Waals surface area contributed by atoms with Crippen LogP contribution in [0.25, 0.3) is 22.0 Å². The maximum Gasteiger partial charge on any atom is 0.263 e. The quantitative estimate of drug-likeness (QED) is 0.578. The van der Waals surface area contributed by atoms with Gasteiger partial charge >= 0.3 is 0 Å². The number of halogens is 3. The van der Waals surface area contributed by atoms with Crippen LogP contribution in [0, 0.1) is 12.7 Å². The van der Waals surface area contributed by atoms with E-state index in [0.29, 0.717) is 26.3 Å². The first-order valence-electron chi connectivity index (χ1n) is 9.09. The van der Waals surface area contributed by atoms with E-state index in [0.717, 1.165) is 17.7 Å². The van der Waals surface area contributed by atoms with Gasteiger partial charge in [-0.3, -0.25) is 5.10 Å². The standard InChI is InChI=1S/C19H19F3N4O3S/c1-10-13(3-4-15-17(10)18(23)25-24-15)11-2-5-16(14(20)6-11)30(28,29)26-9-19(21,22)7-12(26)8-27/h2-6,12,27H,7-9H2,1H3,(H3,23,24,25)/t12-/m0/s1. The summed E-state index contributed by atoms with van der Waals surface area (Å²) < 4.78 is 68.4. The van der Waals surface area contributed by atoms with Gasteiger partial charge in [-0.05, 0) is 41.8 Å². The zero-order chi connectivity index (χ0) is 21.8. The number of H-pyrrole nitrogens is 1. The molecule has 0 radical (unpaired) electrons. The molecule has 1 fully saturated rings. The molecule has 1 aliphatic heterocycles. The minimum absolute atomic E-state index is 0.286. The Morgan fingerprint density at radius 1 is 1.33 bits per heavy atom. The molecule has 2 aromatic carbocycles. The number of sulfonamides is 1. The highest BCUT2D eigenvalue weighted by molar-refractivity contribution is 7.89. The van der Waals surface area contributed by atoms with E-state index in [1.54, 1.807) is 19.1 Å². The van der Waals surface area contributed by atoms with Crippen LogP contribution in [0.1, 0.15) is 12.0 Å². The molecular weight excluding hydrogens is 421 g/mol. The number of nitrogens with two attached hydrogens (primary N) is 1. The minimum Gasteiger partial charge on any atom is -0.395 e. The van der Waals surface area contributed by atoms with Gasteiger partial charge < -0.3 is 10.8 Å². The number of aromatic nitrogens is 2. The smallest absolute Gasteiger partial charge is 0.263 e. The van der Waals surface area contributed by atoms with Crippen molar-refractivity contribution in [3.63, 3.8) is 0 Å². The SMILES string of the molecule is Cc1c(-c2ccc(S(=O)(=O)N3CC(F)(F)C[C@H]3CO)c(F)c2)ccc2[nH]nc(N)c12. The van der Waals surface area contributed by atoms with Crippen molar-refractivity contribution in [1.29, 1.82) is 0 Å². The Hall–Kier alpha value is -2.63. The summed E-state index contributed by atoms with van der Waals surface area (Å²) in [5, 5.41) is 16.7. The van der Waals surface area contributed by atoms with Gasteiger partial charge in [0.1, 0.15) is 10.7 Å². The highest BCUT2D eigenvalue weighted by Gasteiger charge is 2.50. The van der Waals surface area contributed by atoms with Crippen LogP contribution in [0.3, 0.4) is 0 Å². The van der Waals surface area contributed by atoms with Crippen LogP contribution in [-0.2, 0) is 10.0 Å². The molecule has 4 N–H and O–H groups in total. The second-order valence-corrected chi connectivity index (χ2v) is 9.22. The summed E-state index contributed by atoms with van der Waals surface area (Å²) in [6, 6.07) is 5.63. The molecule has 30 heavy (non-hydrogen) atoms. The number of nitrogens with one attached hydrogen (secondary N) is 1. The number of aliphatic hydroxyl groups is 1. The molecule has 2 heterocycles. The molecule has 0 bridgehead atoms.